The number of anilines is 4. The lowest BCUT2D eigenvalue weighted by molar-refractivity contribution is 0.0161. The molecular weight excluding hydrogens is 501 g/mol. The molecule has 39 heavy (non-hydrogen) atoms. The van der Waals surface area contributed by atoms with Crippen molar-refractivity contribution in [1.82, 2.24) is 40.0 Å². The molecule has 3 aromatic heterocycles. The molecule has 0 spiro atoms. The number of aromatic nitrogens is 7. The first-order chi connectivity index (χ1) is 19.2. The van der Waals surface area contributed by atoms with Gasteiger partial charge in [0.25, 0.3) is 0 Å². The molecule has 0 saturated carbocycles. The second-order valence-corrected chi connectivity index (χ2v) is 9.49. The molecule has 5 heterocycles. The number of hydrogen-bond donors (Lipinski definition) is 2. The highest BCUT2D eigenvalue weighted by molar-refractivity contribution is 5.52. The molecule has 202 valence electrons. The van der Waals surface area contributed by atoms with Gasteiger partial charge in [0.05, 0.1) is 49.2 Å². The fourth-order valence-corrected chi connectivity index (χ4v) is 4.68. The van der Waals surface area contributed by atoms with E-state index >= 15 is 0 Å². The van der Waals surface area contributed by atoms with Gasteiger partial charge in [-0.1, -0.05) is 18.2 Å². The highest BCUT2D eigenvalue weighted by Gasteiger charge is 2.21. The average Bonchev–Trinajstić information content (AvgIpc) is 3.42. The van der Waals surface area contributed by atoms with Gasteiger partial charge in [-0.15, -0.1) is 0 Å². The minimum atomic E-state index is -0.228. The summed E-state index contributed by atoms with van der Waals surface area (Å²) in [6.07, 6.45) is 9.19. The zero-order chi connectivity index (χ0) is 26.4. The molecule has 2 N–H and O–H groups in total. The van der Waals surface area contributed by atoms with Crippen molar-refractivity contribution in [2.75, 3.05) is 61.0 Å². The molecule has 13 heteroatoms. The van der Waals surface area contributed by atoms with Crippen LogP contribution in [0.25, 0.3) is 0 Å². The van der Waals surface area contributed by atoms with Gasteiger partial charge >= 0.3 is 0 Å². The van der Waals surface area contributed by atoms with Crippen molar-refractivity contribution >= 4 is 23.4 Å². The lowest BCUT2D eigenvalue weighted by Gasteiger charge is -2.35. The van der Waals surface area contributed by atoms with Gasteiger partial charge in [0.1, 0.15) is 18.0 Å². The maximum Gasteiger partial charge on any atom is 0.232 e. The fourth-order valence-electron chi connectivity index (χ4n) is 4.68. The van der Waals surface area contributed by atoms with Crippen LogP contribution >= 0.6 is 0 Å². The van der Waals surface area contributed by atoms with Gasteiger partial charge in [-0.05, 0) is 11.6 Å². The van der Waals surface area contributed by atoms with Crippen LogP contribution in [-0.4, -0.2) is 86.7 Å². The molecule has 0 amide bonds. The van der Waals surface area contributed by atoms with Crippen molar-refractivity contribution in [2.24, 2.45) is 0 Å². The van der Waals surface area contributed by atoms with Crippen molar-refractivity contribution in [3.05, 3.63) is 72.5 Å². The molecular formula is C26H30FN11O. The molecule has 0 aliphatic carbocycles. The Morgan fingerprint density at radius 2 is 1.87 bits per heavy atom. The van der Waals surface area contributed by atoms with Crippen LogP contribution in [-0.2, 0) is 17.7 Å². The van der Waals surface area contributed by atoms with Crippen LogP contribution in [0.4, 0.5) is 27.8 Å². The molecule has 2 fully saturated rings. The number of rotatable bonds is 8. The number of piperazine rings is 1. The molecule has 4 aromatic rings. The second kappa shape index (κ2) is 11.7. The van der Waals surface area contributed by atoms with E-state index in [2.05, 4.69) is 50.5 Å². The summed E-state index contributed by atoms with van der Waals surface area (Å²) >= 11 is 0. The van der Waals surface area contributed by atoms with Gasteiger partial charge in [0.2, 0.25) is 11.9 Å². The monoisotopic (exact) mass is 531 g/mol. The Morgan fingerprint density at radius 1 is 1.00 bits per heavy atom. The lowest BCUT2D eigenvalue weighted by Crippen LogP contribution is -2.47. The van der Waals surface area contributed by atoms with Crippen LogP contribution in [0.5, 0.6) is 0 Å². The van der Waals surface area contributed by atoms with E-state index in [1.165, 1.54) is 12.4 Å². The van der Waals surface area contributed by atoms with E-state index < -0.39 is 0 Å². The standard InChI is InChI=1S/C26H30FN11O/c27-23-4-2-1-3-19(23)11-20-12-30-24(15-29-20)36-6-8-37(9-7-36)26-32-18-31-25(35-26)34-21-13-33-38(16-21)17-22-14-28-5-10-39-22/h1-4,12-13,15-16,18,22,28H,5-11,14,17H2,(H,31,32,34,35)/t22-/m0/s1. The predicted molar refractivity (Wildman–Crippen MR) is 144 cm³/mol. The highest BCUT2D eigenvalue weighted by Crippen LogP contribution is 2.19. The number of ether oxygens (including phenoxy) is 1. The summed E-state index contributed by atoms with van der Waals surface area (Å²) in [6.45, 7) is 6.07. The number of nitrogens with zero attached hydrogens (tertiary/aromatic N) is 9. The Kier molecular flexibility index (Phi) is 7.50. The molecule has 6 rings (SSSR count). The third kappa shape index (κ3) is 6.26. The topological polar surface area (TPSA) is 122 Å². The van der Waals surface area contributed by atoms with E-state index in [4.69, 9.17) is 4.74 Å². The summed E-state index contributed by atoms with van der Waals surface area (Å²) in [4.78, 5) is 26.7. The number of benzene rings is 1. The molecule has 2 saturated heterocycles. The predicted octanol–water partition coefficient (Wildman–Crippen LogP) is 1.65. The van der Waals surface area contributed by atoms with Crippen molar-refractivity contribution < 1.29 is 9.13 Å². The summed E-state index contributed by atoms with van der Waals surface area (Å²) < 4.78 is 21.6. The summed E-state index contributed by atoms with van der Waals surface area (Å²) in [5.41, 5.74) is 2.15. The Labute approximate surface area is 225 Å². The molecule has 2 aliphatic rings. The van der Waals surface area contributed by atoms with Crippen LogP contribution < -0.4 is 20.4 Å². The van der Waals surface area contributed by atoms with Crippen LogP contribution in [0, 0.1) is 5.82 Å². The van der Waals surface area contributed by atoms with E-state index in [-0.39, 0.29) is 11.9 Å². The Bertz CT molecular complexity index is 1370. The van der Waals surface area contributed by atoms with Crippen molar-refractivity contribution in [2.45, 2.75) is 19.1 Å². The molecule has 0 bridgehead atoms. The van der Waals surface area contributed by atoms with E-state index in [1.54, 1.807) is 30.7 Å². The normalized spacial score (nSPS) is 17.8. The average molecular weight is 532 g/mol. The highest BCUT2D eigenvalue weighted by atomic mass is 19.1. The molecule has 12 nitrogen and oxygen atoms in total. The van der Waals surface area contributed by atoms with Crippen LogP contribution in [0.15, 0.2) is 55.4 Å². The number of nitrogens with one attached hydrogen (secondary N) is 2. The minimum Gasteiger partial charge on any atom is -0.374 e. The molecule has 2 aliphatic heterocycles. The molecule has 1 atom stereocenters. The zero-order valence-corrected chi connectivity index (χ0v) is 21.4. The van der Waals surface area contributed by atoms with Crippen LogP contribution in [0.2, 0.25) is 0 Å². The maximum atomic E-state index is 13.9. The van der Waals surface area contributed by atoms with Crippen molar-refractivity contribution in [3.63, 3.8) is 0 Å². The third-order valence-electron chi connectivity index (χ3n) is 6.75. The zero-order valence-electron chi connectivity index (χ0n) is 21.4. The van der Waals surface area contributed by atoms with Crippen LogP contribution in [0.3, 0.4) is 0 Å². The minimum absolute atomic E-state index is 0.108. The molecule has 0 radical (unpaired) electrons. The Balaban J connectivity index is 1.02. The molecule has 0 unspecified atom stereocenters. The fraction of sp³-hybridized carbons (Fsp3) is 0.385. The first kappa shape index (κ1) is 25.1. The van der Waals surface area contributed by atoms with E-state index in [0.717, 1.165) is 63.1 Å². The van der Waals surface area contributed by atoms with Crippen LogP contribution in [0.1, 0.15) is 11.3 Å². The largest absolute Gasteiger partial charge is 0.374 e. The maximum absolute atomic E-state index is 13.9. The van der Waals surface area contributed by atoms with Gasteiger partial charge in [0, 0.05) is 51.9 Å². The van der Waals surface area contributed by atoms with E-state index in [9.17, 15) is 4.39 Å². The quantitative estimate of drug-likeness (QED) is 0.345. The Morgan fingerprint density at radius 3 is 2.67 bits per heavy atom. The van der Waals surface area contributed by atoms with Gasteiger partial charge in [-0.25, -0.2) is 19.3 Å². The first-order valence-corrected chi connectivity index (χ1v) is 13.0. The number of halogens is 1. The van der Waals surface area contributed by atoms with E-state index in [0.29, 0.717) is 30.4 Å². The lowest BCUT2D eigenvalue weighted by atomic mass is 10.1. The number of morpholine rings is 1. The summed E-state index contributed by atoms with van der Waals surface area (Å²) in [6, 6.07) is 6.74. The van der Waals surface area contributed by atoms with Gasteiger partial charge in [0.15, 0.2) is 0 Å². The SMILES string of the molecule is Fc1ccccc1Cc1cnc(N2CCN(c3ncnc(Nc4cnn(C[C@@H]5CNCCO5)c4)n3)CC2)cn1. The Hall–Kier alpha value is -4.23. The second-order valence-electron chi connectivity index (χ2n) is 9.49. The summed E-state index contributed by atoms with van der Waals surface area (Å²) in [7, 11) is 0. The molecule has 1 aromatic carbocycles. The van der Waals surface area contributed by atoms with Crippen molar-refractivity contribution in [3.8, 4) is 0 Å². The smallest absolute Gasteiger partial charge is 0.232 e. The number of hydrogen-bond acceptors (Lipinski definition) is 11. The third-order valence-corrected chi connectivity index (χ3v) is 6.75. The van der Waals surface area contributed by atoms with Gasteiger partial charge < -0.3 is 25.2 Å². The van der Waals surface area contributed by atoms with E-state index in [1.807, 2.05) is 16.9 Å². The summed E-state index contributed by atoms with van der Waals surface area (Å²) in [5.74, 6) is 1.66. The van der Waals surface area contributed by atoms with Gasteiger partial charge in [-0.2, -0.15) is 10.1 Å². The first-order valence-electron chi connectivity index (χ1n) is 13.0. The van der Waals surface area contributed by atoms with Crippen molar-refractivity contribution in [1.29, 1.82) is 0 Å². The van der Waals surface area contributed by atoms with Gasteiger partial charge in [-0.3, -0.25) is 9.67 Å². The summed E-state index contributed by atoms with van der Waals surface area (Å²) in [5, 5.41) is 11.0.